The number of ether oxygens (including phenoxy) is 1. The second-order valence-electron chi connectivity index (χ2n) is 11.0. The summed E-state index contributed by atoms with van der Waals surface area (Å²) in [5.41, 5.74) is 1.57. The van der Waals surface area contributed by atoms with E-state index in [-0.39, 0.29) is 17.9 Å². The summed E-state index contributed by atoms with van der Waals surface area (Å²) in [6.07, 6.45) is 8.83. The third-order valence-electron chi connectivity index (χ3n) is 8.62. The van der Waals surface area contributed by atoms with Gasteiger partial charge in [-0.2, -0.15) is 20.2 Å². The smallest absolute Gasteiger partial charge is 0.236 e. The van der Waals surface area contributed by atoms with Crippen LogP contribution in [0.5, 0.6) is 0 Å². The van der Waals surface area contributed by atoms with Crippen molar-refractivity contribution in [3.05, 3.63) is 5.82 Å². The van der Waals surface area contributed by atoms with Crippen molar-refractivity contribution < 1.29 is 4.74 Å². The Hall–Kier alpha value is -2.40. The van der Waals surface area contributed by atoms with Crippen LogP contribution in [0, 0.1) is 29.1 Å². The van der Waals surface area contributed by atoms with E-state index >= 15 is 0 Å². The second-order valence-corrected chi connectivity index (χ2v) is 11.0. The van der Waals surface area contributed by atoms with Crippen molar-refractivity contribution in [2.75, 3.05) is 30.0 Å². The van der Waals surface area contributed by atoms with Crippen molar-refractivity contribution in [2.24, 2.45) is 17.8 Å². The van der Waals surface area contributed by atoms with Crippen LogP contribution in [0.3, 0.4) is 0 Å². The molecule has 3 atom stereocenters. The minimum atomic E-state index is 0.182. The third-order valence-corrected chi connectivity index (χ3v) is 8.62. The number of imidazole rings is 1. The highest BCUT2D eigenvalue weighted by Gasteiger charge is 2.34. The summed E-state index contributed by atoms with van der Waals surface area (Å²) in [6, 6.07) is 2.97. The first-order valence-electron chi connectivity index (χ1n) is 13.3. The van der Waals surface area contributed by atoms with E-state index in [4.69, 9.17) is 14.7 Å². The highest BCUT2D eigenvalue weighted by molar-refractivity contribution is 5.86. The first-order valence-corrected chi connectivity index (χ1v) is 13.3. The molecule has 1 saturated heterocycles. The summed E-state index contributed by atoms with van der Waals surface area (Å²) in [5, 5.41) is 13.4. The van der Waals surface area contributed by atoms with Crippen LogP contribution in [-0.2, 0) is 4.74 Å². The van der Waals surface area contributed by atoms with Crippen molar-refractivity contribution in [2.45, 2.75) is 90.8 Å². The van der Waals surface area contributed by atoms with Gasteiger partial charge in [-0.25, -0.2) is 0 Å². The zero-order valence-corrected chi connectivity index (χ0v) is 21.1. The van der Waals surface area contributed by atoms with Gasteiger partial charge in [0.25, 0.3) is 0 Å². The van der Waals surface area contributed by atoms with Gasteiger partial charge in [0, 0.05) is 18.6 Å². The van der Waals surface area contributed by atoms with Gasteiger partial charge in [0.2, 0.25) is 11.8 Å². The number of anilines is 2. The molecule has 0 spiro atoms. The van der Waals surface area contributed by atoms with Crippen LogP contribution in [0.1, 0.15) is 84.5 Å². The van der Waals surface area contributed by atoms with Crippen LogP contribution >= 0.6 is 0 Å². The van der Waals surface area contributed by atoms with E-state index in [1.807, 2.05) is 0 Å². The SMILES string of the molecule is CC1CCC(C(C)n2c(N3CCOCC3C)nc3nc(C#N)nc(N[C@H](C)C4CCC4)c32)CC1. The zero-order chi connectivity index (χ0) is 23.8. The van der Waals surface area contributed by atoms with Gasteiger partial charge < -0.3 is 19.5 Å². The summed E-state index contributed by atoms with van der Waals surface area (Å²) in [5.74, 6) is 3.95. The number of nitrogens with one attached hydrogen (secondary N) is 1. The fraction of sp³-hybridized carbons (Fsp3) is 0.769. The van der Waals surface area contributed by atoms with Crippen LogP contribution in [0.25, 0.3) is 11.2 Å². The lowest BCUT2D eigenvalue weighted by Gasteiger charge is -2.38. The van der Waals surface area contributed by atoms with E-state index in [2.05, 4.69) is 53.5 Å². The van der Waals surface area contributed by atoms with E-state index in [1.54, 1.807) is 0 Å². The molecule has 0 bridgehead atoms. The Bertz CT molecular complexity index is 1050. The lowest BCUT2D eigenvalue weighted by molar-refractivity contribution is 0.0972. The number of rotatable bonds is 6. The van der Waals surface area contributed by atoms with Crippen LogP contribution < -0.4 is 10.2 Å². The number of fused-ring (bicyclic) bond motifs is 1. The van der Waals surface area contributed by atoms with Crippen LogP contribution in [0.4, 0.5) is 11.8 Å². The molecule has 2 aromatic heterocycles. The first kappa shape index (κ1) is 23.3. The molecule has 0 aromatic carbocycles. The quantitative estimate of drug-likeness (QED) is 0.648. The van der Waals surface area contributed by atoms with Gasteiger partial charge in [-0.3, -0.25) is 0 Å². The Morgan fingerprint density at radius 1 is 1.03 bits per heavy atom. The van der Waals surface area contributed by atoms with E-state index in [0.29, 0.717) is 36.7 Å². The lowest BCUT2D eigenvalue weighted by Crippen LogP contribution is -2.45. The van der Waals surface area contributed by atoms with E-state index in [9.17, 15) is 5.26 Å². The molecule has 8 heteroatoms. The number of hydrogen-bond donors (Lipinski definition) is 1. The van der Waals surface area contributed by atoms with Crippen LogP contribution in [0.15, 0.2) is 0 Å². The van der Waals surface area contributed by atoms with Crippen molar-refractivity contribution in [1.82, 2.24) is 19.5 Å². The van der Waals surface area contributed by atoms with Gasteiger partial charge in [-0.1, -0.05) is 26.2 Å². The maximum atomic E-state index is 9.66. The Morgan fingerprint density at radius 3 is 2.44 bits per heavy atom. The van der Waals surface area contributed by atoms with E-state index < -0.39 is 0 Å². The highest BCUT2D eigenvalue weighted by atomic mass is 16.5. The number of nitriles is 1. The van der Waals surface area contributed by atoms with Gasteiger partial charge in [-0.05, 0) is 64.2 Å². The zero-order valence-electron chi connectivity index (χ0n) is 21.1. The van der Waals surface area contributed by atoms with Crippen molar-refractivity contribution in [1.29, 1.82) is 5.26 Å². The molecule has 0 amide bonds. The Morgan fingerprint density at radius 2 is 1.79 bits per heavy atom. The first-order chi connectivity index (χ1) is 16.5. The monoisotopic (exact) mass is 465 g/mol. The molecule has 1 aliphatic heterocycles. The summed E-state index contributed by atoms with van der Waals surface area (Å²) in [4.78, 5) is 16.7. The minimum absolute atomic E-state index is 0.182. The minimum Gasteiger partial charge on any atom is -0.377 e. The fourth-order valence-electron chi connectivity index (χ4n) is 6.01. The summed E-state index contributed by atoms with van der Waals surface area (Å²) in [6.45, 7) is 11.3. The lowest BCUT2D eigenvalue weighted by atomic mass is 9.79. The average Bonchev–Trinajstić information content (AvgIpc) is 3.17. The fourth-order valence-corrected chi connectivity index (χ4v) is 6.01. The maximum absolute atomic E-state index is 9.66. The van der Waals surface area contributed by atoms with Crippen molar-refractivity contribution in [3.8, 4) is 6.07 Å². The summed E-state index contributed by atoms with van der Waals surface area (Å²) < 4.78 is 8.13. The Kier molecular flexibility index (Phi) is 6.65. The standard InChI is InChI=1S/C26H39N7O/c1-16-8-10-21(11-9-16)19(4)33-23-24(28-18(3)20-6-5-7-20)29-22(14-27)30-25(23)31-26(33)32-12-13-34-15-17(32)2/h16-21H,5-13,15H2,1-4H3,(H,28,29,30)/t16?,17?,18-,19?,21?/m1/s1. The van der Waals surface area contributed by atoms with Crippen molar-refractivity contribution >= 4 is 22.9 Å². The predicted molar refractivity (Wildman–Crippen MR) is 134 cm³/mol. The molecule has 3 aliphatic rings. The molecule has 2 aromatic rings. The van der Waals surface area contributed by atoms with Gasteiger partial charge in [0.1, 0.15) is 11.6 Å². The van der Waals surface area contributed by atoms with Crippen LogP contribution in [0.2, 0.25) is 0 Å². The van der Waals surface area contributed by atoms with E-state index in [1.165, 1.54) is 44.9 Å². The predicted octanol–water partition coefficient (Wildman–Crippen LogP) is 4.91. The summed E-state index contributed by atoms with van der Waals surface area (Å²) >= 11 is 0. The molecule has 2 aliphatic carbocycles. The largest absolute Gasteiger partial charge is 0.377 e. The molecule has 2 saturated carbocycles. The van der Waals surface area contributed by atoms with Gasteiger partial charge in [0.05, 0.1) is 19.3 Å². The molecule has 1 N–H and O–H groups in total. The molecule has 0 radical (unpaired) electrons. The number of aromatic nitrogens is 4. The Balaban J connectivity index is 1.63. The molecule has 184 valence electrons. The molecular weight excluding hydrogens is 426 g/mol. The van der Waals surface area contributed by atoms with Crippen molar-refractivity contribution in [3.63, 3.8) is 0 Å². The molecule has 2 unspecified atom stereocenters. The number of nitrogens with zero attached hydrogens (tertiary/aromatic N) is 6. The van der Waals surface area contributed by atoms with E-state index in [0.717, 1.165) is 29.7 Å². The van der Waals surface area contributed by atoms with Gasteiger partial charge in [0.15, 0.2) is 11.5 Å². The highest BCUT2D eigenvalue weighted by Crippen LogP contribution is 2.41. The molecule has 5 rings (SSSR count). The Labute approximate surface area is 203 Å². The number of hydrogen-bond acceptors (Lipinski definition) is 7. The average molecular weight is 466 g/mol. The summed E-state index contributed by atoms with van der Waals surface area (Å²) in [7, 11) is 0. The molecular formula is C26H39N7O. The van der Waals surface area contributed by atoms with Crippen LogP contribution in [-0.4, -0.2) is 51.4 Å². The molecule has 8 nitrogen and oxygen atoms in total. The molecule has 3 fully saturated rings. The third kappa shape index (κ3) is 4.35. The number of morpholine rings is 1. The van der Waals surface area contributed by atoms with Gasteiger partial charge in [-0.15, -0.1) is 0 Å². The topological polar surface area (TPSA) is 91.9 Å². The normalized spacial score (nSPS) is 27.7. The molecule has 3 heterocycles. The maximum Gasteiger partial charge on any atom is 0.236 e. The second kappa shape index (κ2) is 9.69. The molecule has 34 heavy (non-hydrogen) atoms. The van der Waals surface area contributed by atoms with Gasteiger partial charge >= 0.3 is 0 Å².